The van der Waals surface area contributed by atoms with Crippen molar-refractivity contribution in [3.63, 3.8) is 0 Å². The van der Waals surface area contributed by atoms with Crippen LogP contribution in [0.3, 0.4) is 0 Å². The van der Waals surface area contributed by atoms with Crippen LogP contribution in [0.1, 0.15) is 20.7 Å². The van der Waals surface area contributed by atoms with Crippen LogP contribution in [0.15, 0.2) is 60.8 Å². The van der Waals surface area contributed by atoms with E-state index in [1.807, 2.05) is 12.1 Å². The summed E-state index contributed by atoms with van der Waals surface area (Å²) in [5.74, 6) is -1.10. The number of aromatic nitrogens is 1. The molecule has 0 saturated heterocycles. The second-order valence-electron chi connectivity index (χ2n) is 5.09. The smallest absolute Gasteiger partial charge is 0.267 e. The van der Waals surface area contributed by atoms with Crippen LogP contribution in [0.2, 0.25) is 0 Å². The fourth-order valence-electron chi connectivity index (χ4n) is 2.27. The maximum Gasteiger partial charge on any atom is 0.271 e. The highest BCUT2D eigenvalue weighted by atomic mass is 16.6. The highest BCUT2D eigenvalue weighted by Gasteiger charge is 2.13. The van der Waals surface area contributed by atoms with Crippen molar-refractivity contribution in [1.82, 2.24) is 15.8 Å². The molecule has 0 fully saturated rings. The number of hydrazine groups is 1. The third-order valence-electron chi connectivity index (χ3n) is 3.51. The van der Waals surface area contributed by atoms with Crippen LogP contribution in [-0.2, 0) is 0 Å². The van der Waals surface area contributed by atoms with E-state index in [1.54, 1.807) is 24.4 Å². The number of nitro benzene ring substituents is 1. The molecule has 0 unspecified atom stereocenters. The average Bonchev–Trinajstić information content (AvgIpc) is 2.65. The predicted octanol–water partition coefficient (Wildman–Crippen LogP) is 2.22. The van der Waals surface area contributed by atoms with Crippen molar-refractivity contribution in [3.8, 4) is 0 Å². The first-order valence-electron chi connectivity index (χ1n) is 7.25. The molecule has 0 aliphatic carbocycles. The van der Waals surface area contributed by atoms with Gasteiger partial charge in [-0.05, 0) is 24.3 Å². The number of pyridine rings is 1. The normalized spacial score (nSPS) is 10.2. The number of hydrogen-bond acceptors (Lipinski definition) is 5. The minimum Gasteiger partial charge on any atom is -0.267 e. The van der Waals surface area contributed by atoms with Crippen LogP contribution in [0.25, 0.3) is 10.9 Å². The average molecular weight is 336 g/mol. The second-order valence-corrected chi connectivity index (χ2v) is 5.09. The van der Waals surface area contributed by atoms with E-state index in [-0.39, 0.29) is 11.3 Å². The van der Waals surface area contributed by atoms with Crippen molar-refractivity contribution in [3.05, 3.63) is 82.0 Å². The van der Waals surface area contributed by atoms with Gasteiger partial charge in [-0.3, -0.25) is 35.5 Å². The number of amides is 2. The zero-order chi connectivity index (χ0) is 17.8. The molecule has 0 saturated carbocycles. The second kappa shape index (κ2) is 6.75. The molecule has 2 aromatic carbocycles. The molecule has 0 atom stereocenters. The molecule has 8 nitrogen and oxygen atoms in total. The van der Waals surface area contributed by atoms with Gasteiger partial charge < -0.3 is 0 Å². The third kappa shape index (κ3) is 3.42. The Hall–Kier alpha value is -3.81. The van der Waals surface area contributed by atoms with E-state index in [0.29, 0.717) is 11.1 Å². The number of non-ortho nitro benzene ring substituents is 1. The SMILES string of the molecule is O=C(NNC(=O)c1cccc2cccnc12)c1ccc([N+](=O)[O-])cc1. The van der Waals surface area contributed by atoms with Crippen molar-refractivity contribution in [2.45, 2.75) is 0 Å². The predicted molar refractivity (Wildman–Crippen MR) is 89.8 cm³/mol. The Morgan fingerprint density at radius 3 is 2.32 bits per heavy atom. The van der Waals surface area contributed by atoms with Crippen LogP contribution in [0.5, 0.6) is 0 Å². The van der Waals surface area contributed by atoms with Gasteiger partial charge in [0.25, 0.3) is 17.5 Å². The maximum atomic E-state index is 12.3. The Labute approximate surface area is 141 Å². The minimum absolute atomic E-state index is 0.123. The van der Waals surface area contributed by atoms with Crippen molar-refractivity contribution < 1.29 is 14.5 Å². The molecule has 2 amide bonds. The quantitative estimate of drug-likeness (QED) is 0.562. The summed E-state index contributed by atoms with van der Waals surface area (Å²) < 4.78 is 0. The summed E-state index contributed by atoms with van der Waals surface area (Å²) in [4.78, 5) is 38.5. The number of nitrogens with zero attached hydrogens (tertiary/aromatic N) is 2. The molecule has 3 rings (SSSR count). The minimum atomic E-state index is -0.587. The number of para-hydroxylation sites is 1. The van der Waals surface area contributed by atoms with E-state index in [4.69, 9.17) is 0 Å². The third-order valence-corrected chi connectivity index (χ3v) is 3.51. The number of nitro groups is 1. The Morgan fingerprint density at radius 1 is 0.920 bits per heavy atom. The van der Waals surface area contributed by atoms with Crippen molar-refractivity contribution >= 4 is 28.4 Å². The van der Waals surface area contributed by atoms with E-state index in [9.17, 15) is 19.7 Å². The lowest BCUT2D eigenvalue weighted by Gasteiger charge is -2.09. The summed E-state index contributed by atoms with van der Waals surface area (Å²) in [6, 6.07) is 13.8. The molecule has 124 valence electrons. The van der Waals surface area contributed by atoms with E-state index in [0.717, 1.165) is 5.39 Å². The monoisotopic (exact) mass is 336 g/mol. The number of hydrogen-bond donors (Lipinski definition) is 2. The summed E-state index contributed by atoms with van der Waals surface area (Å²) in [6.45, 7) is 0. The summed E-state index contributed by atoms with van der Waals surface area (Å²) in [6.07, 6.45) is 1.58. The van der Waals surface area contributed by atoms with Gasteiger partial charge in [-0.25, -0.2) is 0 Å². The Kier molecular flexibility index (Phi) is 4.34. The molecule has 0 aliphatic heterocycles. The first kappa shape index (κ1) is 16.1. The summed E-state index contributed by atoms with van der Waals surface area (Å²) in [5.41, 5.74) is 5.49. The van der Waals surface area contributed by atoms with Gasteiger partial charge in [0.05, 0.1) is 16.0 Å². The fourth-order valence-corrected chi connectivity index (χ4v) is 2.27. The number of benzene rings is 2. The lowest BCUT2D eigenvalue weighted by Crippen LogP contribution is -2.41. The first-order valence-corrected chi connectivity index (χ1v) is 7.25. The summed E-state index contributed by atoms with van der Waals surface area (Å²) in [5, 5.41) is 11.4. The number of carbonyl (C=O) groups excluding carboxylic acids is 2. The molecule has 0 bridgehead atoms. The van der Waals surface area contributed by atoms with Crippen LogP contribution in [-0.4, -0.2) is 21.7 Å². The van der Waals surface area contributed by atoms with E-state index in [1.165, 1.54) is 24.3 Å². The van der Waals surface area contributed by atoms with E-state index in [2.05, 4.69) is 15.8 Å². The Balaban J connectivity index is 1.71. The van der Waals surface area contributed by atoms with Gasteiger partial charge in [0, 0.05) is 29.3 Å². The van der Waals surface area contributed by atoms with Gasteiger partial charge in [-0.2, -0.15) is 0 Å². The Morgan fingerprint density at radius 2 is 1.60 bits per heavy atom. The lowest BCUT2D eigenvalue weighted by atomic mass is 10.1. The molecule has 2 N–H and O–H groups in total. The van der Waals surface area contributed by atoms with Crippen molar-refractivity contribution in [1.29, 1.82) is 0 Å². The molecule has 8 heteroatoms. The summed E-state index contributed by atoms with van der Waals surface area (Å²) in [7, 11) is 0. The van der Waals surface area contributed by atoms with E-state index < -0.39 is 16.7 Å². The van der Waals surface area contributed by atoms with E-state index >= 15 is 0 Å². The van der Waals surface area contributed by atoms with Gasteiger partial charge >= 0.3 is 0 Å². The lowest BCUT2D eigenvalue weighted by molar-refractivity contribution is -0.384. The van der Waals surface area contributed by atoms with Crippen LogP contribution < -0.4 is 10.9 Å². The van der Waals surface area contributed by atoms with Gasteiger partial charge in [0.15, 0.2) is 0 Å². The zero-order valence-corrected chi connectivity index (χ0v) is 12.8. The highest BCUT2D eigenvalue weighted by Crippen LogP contribution is 2.15. The topological polar surface area (TPSA) is 114 Å². The Bertz CT molecular complexity index is 965. The zero-order valence-electron chi connectivity index (χ0n) is 12.8. The first-order chi connectivity index (χ1) is 12.1. The molecule has 1 heterocycles. The highest BCUT2D eigenvalue weighted by molar-refractivity contribution is 6.06. The number of rotatable bonds is 3. The number of nitrogens with one attached hydrogen (secondary N) is 2. The van der Waals surface area contributed by atoms with Crippen LogP contribution in [0.4, 0.5) is 5.69 Å². The van der Waals surface area contributed by atoms with Gasteiger partial charge in [-0.1, -0.05) is 18.2 Å². The molecular weight excluding hydrogens is 324 g/mol. The van der Waals surface area contributed by atoms with Crippen molar-refractivity contribution in [2.24, 2.45) is 0 Å². The molecule has 25 heavy (non-hydrogen) atoms. The molecule has 0 aliphatic rings. The van der Waals surface area contributed by atoms with Gasteiger partial charge in [0.1, 0.15) is 0 Å². The summed E-state index contributed by atoms with van der Waals surface area (Å²) >= 11 is 0. The standard InChI is InChI=1S/C17H12N4O4/c22-16(12-6-8-13(9-7-12)21(24)25)19-20-17(23)14-5-1-3-11-4-2-10-18-15(11)14/h1-10H,(H,19,22)(H,20,23). The molecule has 1 aromatic heterocycles. The van der Waals surface area contributed by atoms with Crippen LogP contribution >= 0.6 is 0 Å². The number of carbonyl (C=O) groups is 2. The van der Waals surface area contributed by atoms with Gasteiger partial charge in [-0.15, -0.1) is 0 Å². The number of fused-ring (bicyclic) bond motifs is 1. The van der Waals surface area contributed by atoms with Crippen LogP contribution in [0, 0.1) is 10.1 Å². The maximum absolute atomic E-state index is 12.3. The molecular formula is C17H12N4O4. The molecule has 0 radical (unpaired) electrons. The van der Waals surface area contributed by atoms with Gasteiger partial charge in [0.2, 0.25) is 0 Å². The van der Waals surface area contributed by atoms with Crippen molar-refractivity contribution in [2.75, 3.05) is 0 Å². The molecule has 3 aromatic rings. The molecule has 0 spiro atoms. The largest absolute Gasteiger partial charge is 0.271 e. The fraction of sp³-hybridized carbons (Fsp3) is 0.